The van der Waals surface area contributed by atoms with Gasteiger partial charge in [-0.2, -0.15) is 0 Å². The van der Waals surface area contributed by atoms with E-state index in [1.807, 2.05) is 0 Å². The lowest BCUT2D eigenvalue weighted by Gasteiger charge is -2.50. The smallest absolute Gasteiger partial charge is 0.255 e. The Balaban J connectivity index is 1.75. The van der Waals surface area contributed by atoms with Crippen molar-refractivity contribution < 1.29 is 44.0 Å². The zero-order valence-electron chi connectivity index (χ0n) is 20.4. The average molecular weight is 523 g/mol. The number of phenols is 1. The number of hydrogen-bond acceptors (Lipinski definition) is 10. The molecule has 0 aliphatic heterocycles. The van der Waals surface area contributed by atoms with E-state index in [9.17, 15) is 39.6 Å². The highest BCUT2D eigenvalue weighted by Gasteiger charge is 2.64. The van der Waals surface area contributed by atoms with Gasteiger partial charge in [-0.05, 0) is 56.6 Å². The van der Waals surface area contributed by atoms with Gasteiger partial charge in [0.1, 0.15) is 28.6 Å². The van der Waals surface area contributed by atoms with E-state index in [1.165, 1.54) is 43.5 Å². The molecule has 2 amide bonds. The van der Waals surface area contributed by atoms with Crippen LogP contribution in [0.2, 0.25) is 0 Å². The predicted octanol–water partition coefficient (Wildman–Crippen LogP) is 0.323. The Morgan fingerprint density at radius 2 is 1.76 bits per heavy atom. The van der Waals surface area contributed by atoms with E-state index in [0.29, 0.717) is 11.1 Å². The van der Waals surface area contributed by atoms with E-state index in [4.69, 9.17) is 15.9 Å². The minimum Gasteiger partial charge on any atom is -0.508 e. The van der Waals surface area contributed by atoms with E-state index in [-0.39, 0.29) is 41.1 Å². The Kier molecular flexibility index (Phi) is 5.51. The van der Waals surface area contributed by atoms with Crippen LogP contribution in [-0.4, -0.2) is 74.4 Å². The number of aromatic hydroxyl groups is 1. The fourth-order valence-electron chi connectivity index (χ4n) is 6.17. The zero-order valence-corrected chi connectivity index (χ0v) is 20.4. The number of fused-ring (bicyclic) bond motifs is 3. The Morgan fingerprint density at radius 1 is 1.08 bits per heavy atom. The number of furan rings is 1. The predicted molar refractivity (Wildman–Crippen MR) is 130 cm³/mol. The van der Waals surface area contributed by atoms with Crippen molar-refractivity contribution in [2.75, 3.05) is 14.1 Å². The molecule has 0 saturated heterocycles. The second-order valence-corrected chi connectivity index (χ2v) is 9.98. The number of carbonyl (C=O) groups is 4. The number of aliphatic hydroxyl groups is 3. The van der Waals surface area contributed by atoms with Crippen molar-refractivity contribution in [3.8, 4) is 17.1 Å². The standard InChI is InChI=1S/C26H25N3O9/c1-29(2)18-13-8-9-7-12-10(21-11(24(27)35)5-6-38-21)3-4-14(30)16(12)19(31)15(9)22(33)26(13,37)23(34)17(20(18)32)25(28)36/h3-6,9,13,18,30-31,34,37H,7-8H2,1-2H3,(H2,27,35)(H2,28,36)/t9-,13-,18-,26-/m1/s1. The van der Waals surface area contributed by atoms with Crippen molar-refractivity contribution in [2.45, 2.75) is 24.5 Å². The molecule has 0 unspecified atom stereocenters. The third-order valence-electron chi connectivity index (χ3n) is 7.78. The summed E-state index contributed by atoms with van der Waals surface area (Å²) in [5, 5.41) is 44.5. The third-order valence-corrected chi connectivity index (χ3v) is 7.78. The molecule has 2 aromatic rings. The Bertz CT molecular complexity index is 1520. The highest BCUT2D eigenvalue weighted by Crippen LogP contribution is 2.53. The van der Waals surface area contributed by atoms with Crippen LogP contribution in [0.1, 0.15) is 27.9 Å². The number of aliphatic hydroxyl groups excluding tert-OH is 2. The molecular weight excluding hydrogens is 498 g/mol. The Labute approximate surface area is 215 Å². The molecule has 38 heavy (non-hydrogen) atoms. The molecule has 1 fully saturated rings. The number of likely N-dealkylation sites (N-methyl/N-ethyl adjacent to an activating group) is 1. The fraction of sp³-hybridized carbons (Fsp3) is 0.308. The van der Waals surface area contributed by atoms with Crippen LogP contribution < -0.4 is 11.5 Å². The molecule has 1 aromatic carbocycles. The van der Waals surface area contributed by atoms with Crippen molar-refractivity contribution in [1.82, 2.24) is 4.90 Å². The van der Waals surface area contributed by atoms with E-state index >= 15 is 0 Å². The van der Waals surface area contributed by atoms with E-state index in [1.54, 1.807) is 0 Å². The van der Waals surface area contributed by atoms with Crippen molar-refractivity contribution in [2.24, 2.45) is 23.3 Å². The number of carbonyl (C=O) groups excluding carboxylic acids is 4. The largest absolute Gasteiger partial charge is 0.508 e. The first-order valence-corrected chi connectivity index (χ1v) is 11.7. The maximum atomic E-state index is 13.9. The molecule has 3 aliphatic carbocycles. The second kappa shape index (κ2) is 8.30. The van der Waals surface area contributed by atoms with Gasteiger partial charge in [0.2, 0.25) is 5.78 Å². The van der Waals surface area contributed by atoms with Crippen LogP contribution >= 0.6 is 0 Å². The van der Waals surface area contributed by atoms with E-state index in [0.717, 1.165) is 0 Å². The second-order valence-electron chi connectivity index (χ2n) is 9.98. The summed E-state index contributed by atoms with van der Waals surface area (Å²) >= 11 is 0. The summed E-state index contributed by atoms with van der Waals surface area (Å²) in [4.78, 5) is 52.4. The quantitative estimate of drug-likeness (QED) is 0.302. The van der Waals surface area contributed by atoms with Crippen LogP contribution in [0.3, 0.4) is 0 Å². The van der Waals surface area contributed by atoms with E-state index < -0.39 is 64.0 Å². The van der Waals surface area contributed by atoms with Crippen LogP contribution in [0.25, 0.3) is 17.1 Å². The maximum absolute atomic E-state index is 13.9. The van der Waals surface area contributed by atoms with Crippen LogP contribution in [0.5, 0.6) is 5.75 Å². The molecule has 1 aromatic heterocycles. The lowest BCUT2D eigenvalue weighted by atomic mass is 9.57. The number of hydrogen-bond donors (Lipinski definition) is 6. The maximum Gasteiger partial charge on any atom is 0.255 e. The molecule has 1 saturated carbocycles. The SMILES string of the molecule is CN(C)[C@H]1C(=O)C(C(N)=O)=C(O)[C@]2(O)C(=O)C3=C(O)c4c(O)ccc(-c5occc5C(N)=O)c4C[C@@H]3C[C@H]12. The molecule has 1 heterocycles. The first-order chi connectivity index (χ1) is 17.8. The highest BCUT2D eigenvalue weighted by atomic mass is 16.3. The first kappa shape index (κ1) is 25.2. The van der Waals surface area contributed by atoms with Gasteiger partial charge in [0, 0.05) is 17.1 Å². The lowest BCUT2D eigenvalue weighted by molar-refractivity contribution is -0.153. The number of nitrogens with zero attached hydrogens (tertiary/aromatic N) is 1. The number of ketones is 2. The van der Waals surface area contributed by atoms with Gasteiger partial charge in [-0.15, -0.1) is 0 Å². The van der Waals surface area contributed by atoms with Gasteiger partial charge in [-0.25, -0.2) is 0 Å². The molecule has 0 radical (unpaired) electrons. The molecule has 3 aliphatic rings. The average Bonchev–Trinajstić information content (AvgIpc) is 3.31. The fourth-order valence-corrected chi connectivity index (χ4v) is 6.17. The molecule has 12 heteroatoms. The molecular formula is C26H25N3O9. The number of phenolic OH excluding ortho intramolecular Hbond substituents is 1. The number of Topliss-reactive ketones (excluding diaryl/α,β-unsaturated/α-hetero) is 2. The summed E-state index contributed by atoms with van der Waals surface area (Å²) in [5.74, 6) is -8.07. The van der Waals surface area contributed by atoms with Gasteiger partial charge in [-0.3, -0.25) is 24.1 Å². The summed E-state index contributed by atoms with van der Waals surface area (Å²) in [6, 6.07) is 2.92. The Morgan fingerprint density at radius 3 is 2.37 bits per heavy atom. The monoisotopic (exact) mass is 523 g/mol. The minimum absolute atomic E-state index is 0.0389. The van der Waals surface area contributed by atoms with Crippen LogP contribution in [0.4, 0.5) is 0 Å². The minimum atomic E-state index is -2.72. The third kappa shape index (κ3) is 3.17. The van der Waals surface area contributed by atoms with Crippen LogP contribution in [0.15, 0.2) is 45.8 Å². The lowest BCUT2D eigenvalue weighted by Crippen LogP contribution is -2.65. The number of nitrogens with two attached hydrogens (primary N) is 2. The summed E-state index contributed by atoms with van der Waals surface area (Å²) in [7, 11) is 3.04. The van der Waals surface area contributed by atoms with Gasteiger partial charge in [-0.1, -0.05) is 0 Å². The highest BCUT2D eigenvalue weighted by molar-refractivity contribution is 6.24. The molecule has 0 spiro atoms. The molecule has 0 bridgehead atoms. The normalized spacial score (nSPS) is 26.8. The summed E-state index contributed by atoms with van der Waals surface area (Å²) in [5.41, 5.74) is 7.55. The number of primary amides is 2. The number of rotatable bonds is 4. The molecule has 12 nitrogen and oxygen atoms in total. The number of benzene rings is 1. The topological polar surface area (TPSA) is 218 Å². The van der Waals surface area contributed by atoms with Gasteiger partial charge in [0.05, 0.1) is 23.4 Å². The molecule has 198 valence electrons. The molecule has 4 atom stereocenters. The van der Waals surface area contributed by atoms with Gasteiger partial charge in [0.15, 0.2) is 11.4 Å². The van der Waals surface area contributed by atoms with Gasteiger partial charge in [0.25, 0.3) is 11.8 Å². The van der Waals surface area contributed by atoms with Crippen LogP contribution in [0, 0.1) is 11.8 Å². The van der Waals surface area contributed by atoms with Gasteiger partial charge < -0.3 is 36.3 Å². The summed E-state index contributed by atoms with van der Waals surface area (Å²) in [6.45, 7) is 0. The van der Waals surface area contributed by atoms with Crippen molar-refractivity contribution in [3.05, 3.63) is 58.1 Å². The van der Waals surface area contributed by atoms with Crippen molar-refractivity contribution >= 4 is 29.1 Å². The van der Waals surface area contributed by atoms with Gasteiger partial charge >= 0.3 is 0 Å². The summed E-state index contributed by atoms with van der Waals surface area (Å²) < 4.78 is 5.50. The van der Waals surface area contributed by atoms with Crippen molar-refractivity contribution in [3.63, 3.8) is 0 Å². The zero-order chi connectivity index (χ0) is 27.8. The van der Waals surface area contributed by atoms with Crippen molar-refractivity contribution in [1.29, 1.82) is 0 Å². The first-order valence-electron chi connectivity index (χ1n) is 11.7. The molecule has 5 rings (SSSR count). The van der Waals surface area contributed by atoms with Crippen LogP contribution in [-0.2, 0) is 20.8 Å². The molecule has 8 N–H and O–H groups in total. The number of amides is 2. The Hall–Kier alpha value is -4.42. The van der Waals surface area contributed by atoms with E-state index in [2.05, 4.69) is 0 Å². The summed E-state index contributed by atoms with van der Waals surface area (Å²) in [6.07, 6.45) is 1.24.